The molecule has 1 rings (SSSR count). The fourth-order valence-electron chi connectivity index (χ4n) is 2.40. The molecule has 1 aliphatic rings. The second kappa shape index (κ2) is 8.45. The maximum atomic E-state index is 11.7. The van der Waals surface area contributed by atoms with Gasteiger partial charge in [-0.1, -0.05) is 12.8 Å². The van der Waals surface area contributed by atoms with Crippen molar-refractivity contribution in [1.29, 1.82) is 0 Å². The summed E-state index contributed by atoms with van der Waals surface area (Å²) in [5.74, 6) is 0.155. The van der Waals surface area contributed by atoms with Crippen LogP contribution in [0.3, 0.4) is 0 Å². The second-order valence-electron chi connectivity index (χ2n) is 4.93. The van der Waals surface area contributed by atoms with Crippen LogP contribution >= 0.6 is 0 Å². The van der Waals surface area contributed by atoms with E-state index >= 15 is 0 Å². The van der Waals surface area contributed by atoms with Crippen LogP contribution in [0, 0.1) is 5.92 Å². The highest BCUT2D eigenvalue weighted by molar-refractivity contribution is 5.76. The third-order valence-corrected chi connectivity index (χ3v) is 3.51. The molecule has 0 radical (unpaired) electrons. The normalized spacial score (nSPS) is 25.7. The SMILES string of the molecule is CCOC(CN)CC(=O)NCC1CCCCC1O. The third-order valence-electron chi connectivity index (χ3n) is 3.51. The summed E-state index contributed by atoms with van der Waals surface area (Å²) >= 11 is 0. The summed E-state index contributed by atoms with van der Waals surface area (Å²) in [4.78, 5) is 11.7. The van der Waals surface area contributed by atoms with E-state index in [4.69, 9.17) is 10.5 Å². The lowest BCUT2D eigenvalue weighted by Gasteiger charge is -2.27. The van der Waals surface area contributed by atoms with Crippen LogP contribution in [0.5, 0.6) is 0 Å². The van der Waals surface area contributed by atoms with Crippen LogP contribution in [0.2, 0.25) is 0 Å². The van der Waals surface area contributed by atoms with Crippen molar-refractivity contribution in [2.24, 2.45) is 11.7 Å². The van der Waals surface area contributed by atoms with E-state index in [0.717, 1.165) is 25.7 Å². The molecule has 5 nitrogen and oxygen atoms in total. The van der Waals surface area contributed by atoms with Crippen molar-refractivity contribution in [2.75, 3.05) is 19.7 Å². The number of carbonyl (C=O) groups is 1. The van der Waals surface area contributed by atoms with Crippen LogP contribution < -0.4 is 11.1 Å². The van der Waals surface area contributed by atoms with Crippen LogP contribution in [0.1, 0.15) is 39.0 Å². The Hall–Kier alpha value is -0.650. The number of aliphatic hydroxyl groups is 1. The van der Waals surface area contributed by atoms with Crippen LogP contribution in [-0.2, 0) is 9.53 Å². The molecular weight excluding hydrogens is 232 g/mol. The molecule has 0 aromatic carbocycles. The predicted octanol–water partition coefficient (Wildman–Crippen LogP) is 0.408. The highest BCUT2D eigenvalue weighted by atomic mass is 16.5. The Morgan fingerprint density at radius 2 is 2.22 bits per heavy atom. The minimum atomic E-state index is -0.267. The van der Waals surface area contributed by atoms with E-state index in [1.807, 2.05) is 6.92 Å². The van der Waals surface area contributed by atoms with Crippen molar-refractivity contribution in [3.05, 3.63) is 0 Å². The third kappa shape index (κ3) is 5.33. The molecule has 4 N–H and O–H groups in total. The Morgan fingerprint density at radius 3 is 2.83 bits per heavy atom. The number of nitrogens with two attached hydrogens (primary N) is 1. The highest BCUT2D eigenvalue weighted by Crippen LogP contribution is 2.23. The predicted molar refractivity (Wildman–Crippen MR) is 70.1 cm³/mol. The number of rotatable bonds is 7. The monoisotopic (exact) mass is 258 g/mol. The van der Waals surface area contributed by atoms with Crippen molar-refractivity contribution < 1.29 is 14.6 Å². The molecule has 1 aliphatic carbocycles. The molecule has 5 heteroatoms. The fraction of sp³-hybridized carbons (Fsp3) is 0.923. The number of amides is 1. The average Bonchev–Trinajstić information content (AvgIpc) is 2.37. The molecule has 1 amide bonds. The van der Waals surface area contributed by atoms with E-state index in [2.05, 4.69) is 5.32 Å². The maximum absolute atomic E-state index is 11.7. The van der Waals surface area contributed by atoms with Crippen molar-refractivity contribution in [1.82, 2.24) is 5.32 Å². The lowest BCUT2D eigenvalue weighted by atomic mass is 9.86. The Labute approximate surface area is 109 Å². The molecule has 0 heterocycles. The number of hydrogen-bond donors (Lipinski definition) is 3. The van der Waals surface area contributed by atoms with Gasteiger partial charge in [-0.3, -0.25) is 4.79 Å². The van der Waals surface area contributed by atoms with Gasteiger partial charge in [0, 0.05) is 25.6 Å². The first-order valence-corrected chi connectivity index (χ1v) is 6.93. The largest absolute Gasteiger partial charge is 0.393 e. The van der Waals surface area contributed by atoms with Gasteiger partial charge in [-0.15, -0.1) is 0 Å². The van der Waals surface area contributed by atoms with Gasteiger partial charge in [0.05, 0.1) is 18.6 Å². The molecule has 1 saturated carbocycles. The summed E-state index contributed by atoms with van der Waals surface area (Å²) in [6.45, 7) is 3.37. The van der Waals surface area contributed by atoms with Crippen molar-refractivity contribution >= 4 is 5.91 Å². The average molecular weight is 258 g/mol. The summed E-state index contributed by atoms with van der Waals surface area (Å²) < 4.78 is 5.34. The quantitative estimate of drug-likeness (QED) is 0.617. The second-order valence-corrected chi connectivity index (χ2v) is 4.93. The smallest absolute Gasteiger partial charge is 0.222 e. The minimum Gasteiger partial charge on any atom is -0.393 e. The van der Waals surface area contributed by atoms with Gasteiger partial charge in [0.25, 0.3) is 0 Å². The van der Waals surface area contributed by atoms with Crippen LogP contribution in [0.25, 0.3) is 0 Å². The van der Waals surface area contributed by atoms with Gasteiger partial charge < -0.3 is 20.9 Å². The van der Waals surface area contributed by atoms with Crippen LogP contribution in [0.15, 0.2) is 0 Å². The fourth-order valence-corrected chi connectivity index (χ4v) is 2.40. The van der Waals surface area contributed by atoms with Crippen molar-refractivity contribution in [3.63, 3.8) is 0 Å². The molecule has 0 bridgehead atoms. The number of aliphatic hydroxyl groups excluding tert-OH is 1. The molecular formula is C13H26N2O3. The van der Waals surface area contributed by atoms with Crippen LogP contribution in [-0.4, -0.2) is 42.9 Å². The lowest BCUT2D eigenvalue weighted by Crippen LogP contribution is -2.39. The van der Waals surface area contributed by atoms with E-state index in [0.29, 0.717) is 26.1 Å². The maximum Gasteiger partial charge on any atom is 0.222 e. The first-order chi connectivity index (χ1) is 8.67. The van der Waals surface area contributed by atoms with Gasteiger partial charge in [0.15, 0.2) is 0 Å². The molecule has 0 saturated heterocycles. The van der Waals surface area contributed by atoms with E-state index in [1.54, 1.807) is 0 Å². The Kier molecular flexibility index (Phi) is 7.23. The van der Waals surface area contributed by atoms with Gasteiger partial charge in [0.2, 0.25) is 5.91 Å². The summed E-state index contributed by atoms with van der Waals surface area (Å²) in [5, 5.41) is 12.7. The molecule has 3 unspecified atom stereocenters. The van der Waals surface area contributed by atoms with E-state index in [-0.39, 0.29) is 24.0 Å². The molecule has 0 spiro atoms. The topological polar surface area (TPSA) is 84.6 Å². The summed E-state index contributed by atoms with van der Waals surface area (Å²) in [6, 6.07) is 0. The molecule has 1 fully saturated rings. The zero-order valence-electron chi connectivity index (χ0n) is 11.2. The van der Waals surface area contributed by atoms with Gasteiger partial charge in [0.1, 0.15) is 0 Å². The van der Waals surface area contributed by atoms with Gasteiger partial charge in [-0.25, -0.2) is 0 Å². The minimum absolute atomic E-state index is 0.0447. The summed E-state index contributed by atoms with van der Waals surface area (Å²) in [7, 11) is 0. The first kappa shape index (κ1) is 15.4. The number of hydrogen-bond acceptors (Lipinski definition) is 4. The zero-order valence-corrected chi connectivity index (χ0v) is 11.2. The van der Waals surface area contributed by atoms with E-state index < -0.39 is 0 Å². The van der Waals surface area contributed by atoms with E-state index in [9.17, 15) is 9.90 Å². The van der Waals surface area contributed by atoms with Crippen molar-refractivity contribution in [2.45, 2.75) is 51.2 Å². The van der Waals surface area contributed by atoms with Gasteiger partial charge in [-0.05, 0) is 19.8 Å². The summed E-state index contributed by atoms with van der Waals surface area (Å²) in [6.07, 6.45) is 3.90. The molecule has 106 valence electrons. The Balaban J connectivity index is 2.23. The van der Waals surface area contributed by atoms with Gasteiger partial charge in [-0.2, -0.15) is 0 Å². The number of nitrogens with one attached hydrogen (secondary N) is 1. The lowest BCUT2D eigenvalue weighted by molar-refractivity contribution is -0.124. The molecule has 18 heavy (non-hydrogen) atoms. The highest BCUT2D eigenvalue weighted by Gasteiger charge is 2.23. The summed E-state index contributed by atoms with van der Waals surface area (Å²) in [5.41, 5.74) is 5.52. The van der Waals surface area contributed by atoms with Crippen molar-refractivity contribution in [3.8, 4) is 0 Å². The first-order valence-electron chi connectivity index (χ1n) is 6.93. The Morgan fingerprint density at radius 1 is 1.50 bits per heavy atom. The van der Waals surface area contributed by atoms with Crippen LogP contribution in [0.4, 0.5) is 0 Å². The van der Waals surface area contributed by atoms with E-state index in [1.165, 1.54) is 0 Å². The number of ether oxygens (including phenoxy) is 1. The molecule has 0 aromatic rings. The number of carbonyl (C=O) groups excluding carboxylic acids is 1. The van der Waals surface area contributed by atoms with Gasteiger partial charge >= 0.3 is 0 Å². The molecule has 0 aromatic heterocycles. The molecule has 0 aliphatic heterocycles. The zero-order chi connectivity index (χ0) is 13.4. The molecule has 3 atom stereocenters. The standard InChI is InChI=1S/C13H26N2O3/c1-2-18-11(8-14)7-13(17)15-9-10-5-3-4-6-12(10)16/h10-12,16H,2-9,14H2,1H3,(H,15,17). The Bertz CT molecular complexity index is 248.